The minimum absolute atomic E-state index is 0.0140. The van der Waals surface area contributed by atoms with E-state index in [0.29, 0.717) is 25.9 Å². The first-order valence-corrected chi connectivity index (χ1v) is 33.6. The standard InChI is InChI=1S/C68H131NO5/c1-3-5-7-9-11-13-15-17-18-19-28-32-35-38-42-46-50-54-58-62-68(73)74-63-59-55-51-47-43-39-36-33-30-27-25-23-21-20-22-24-26-29-31-34-37-41-45-49-53-57-61-67(72)69-65(64-70)66(71)60-56-52-48-44-40-16-14-12-10-8-6-4-2/h11,13,17-18,65-66,70-71H,3-10,12,14-16,19-64H2,1-2H3,(H,69,72)/b13-11-,18-17-. The minimum Gasteiger partial charge on any atom is -0.466 e. The zero-order chi connectivity index (χ0) is 53.6. The third kappa shape index (κ3) is 59.6. The quantitative estimate of drug-likeness (QED) is 0.0320. The zero-order valence-corrected chi connectivity index (χ0v) is 50.1. The number of nitrogens with one attached hydrogen (secondary N) is 1. The van der Waals surface area contributed by atoms with Gasteiger partial charge < -0.3 is 20.3 Å². The van der Waals surface area contributed by atoms with E-state index in [-0.39, 0.29) is 18.5 Å². The molecule has 0 aliphatic carbocycles. The van der Waals surface area contributed by atoms with Crippen LogP contribution in [0.3, 0.4) is 0 Å². The summed E-state index contributed by atoms with van der Waals surface area (Å²) >= 11 is 0. The Bertz CT molecular complexity index is 1150. The van der Waals surface area contributed by atoms with Crippen molar-refractivity contribution in [3.63, 3.8) is 0 Å². The summed E-state index contributed by atoms with van der Waals surface area (Å²) in [7, 11) is 0. The van der Waals surface area contributed by atoms with Gasteiger partial charge in [0.05, 0.1) is 25.4 Å². The molecule has 2 atom stereocenters. The van der Waals surface area contributed by atoms with Gasteiger partial charge in [-0.3, -0.25) is 9.59 Å². The molecule has 0 saturated carbocycles. The predicted octanol–water partition coefficient (Wildman–Crippen LogP) is 21.4. The zero-order valence-electron chi connectivity index (χ0n) is 50.1. The molecule has 74 heavy (non-hydrogen) atoms. The Balaban J connectivity index is 3.32. The maximum absolute atomic E-state index is 12.5. The second-order valence-corrected chi connectivity index (χ2v) is 23.2. The maximum Gasteiger partial charge on any atom is 0.305 e. The Morgan fingerprint density at radius 1 is 0.378 bits per heavy atom. The molecule has 438 valence electrons. The second kappa shape index (κ2) is 63.9. The molecule has 0 rings (SSSR count). The highest BCUT2D eigenvalue weighted by Gasteiger charge is 2.20. The molecular weight excluding hydrogens is 911 g/mol. The number of hydrogen-bond donors (Lipinski definition) is 3. The summed E-state index contributed by atoms with van der Waals surface area (Å²) in [6.45, 7) is 4.95. The van der Waals surface area contributed by atoms with Crippen LogP contribution in [0.2, 0.25) is 0 Å². The summed E-state index contributed by atoms with van der Waals surface area (Å²) in [4.78, 5) is 24.6. The van der Waals surface area contributed by atoms with Crippen molar-refractivity contribution in [2.24, 2.45) is 0 Å². The smallest absolute Gasteiger partial charge is 0.305 e. The van der Waals surface area contributed by atoms with Crippen molar-refractivity contribution < 1.29 is 24.5 Å². The molecule has 0 saturated heterocycles. The van der Waals surface area contributed by atoms with Gasteiger partial charge in [0.2, 0.25) is 5.91 Å². The highest BCUT2D eigenvalue weighted by atomic mass is 16.5. The van der Waals surface area contributed by atoms with Gasteiger partial charge in [-0.1, -0.05) is 327 Å². The highest BCUT2D eigenvalue weighted by molar-refractivity contribution is 5.76. The third-order valence-electron chi connectivity index (χ3n) is 15.8. The van der Waals surface area contributed by atoms with Gasteiger partial charge in [-0.2, -0.15) is 0 Å². The van der Waals surface area contributed by atoms with Gasteiger partial charge in [0, 0.05) is 12.8 Å². The van der Waals surface area contributed by atoms with Crippen molar-refractivity contribution in [3.8, 4) is 0 Å². The Labute approximate surface area is 462 Å². The number of amides is 1. The first-order valence-electron chi connectivity index (χ1n) is 33.6. The van der Waals surface area contributed by atoms with E-state index in [4.69, 9.17) is 4.74 Å². The van der Waals surface area contributed by atoms with Gasteiger partial charge in [-0.05, 0) is 57.8 Å². The SMILES string of the molecule is CCCCC/C=C\C/C=C\CCCCCCCCCCCC(=O)OCCCCCCCCCCCCCCCCCCCCCCCCCCCCC(=O)NC(CO)C(O)CCCCCCCCCCCCCC. The average molecular weight is 1040 g/mol. The molecule has 1 amide bonds. The van der Waals surface area contributed by atoms with Crippen LogP contribution in [0, 0.1) is 0 Å². The Kier molecular flexibility index (Phi) is 62.4. The van der Waals surface area contributed by atoms with Gasteiger partial charge >= 0.3 is 5.97 Å². The van der Waals surface area contributed by atoms with Gasteiger partial charge in [-0.15, -0.1) is 0 Å². The van der Waals surface area contributed by atoms with Crippen molar-refractivity contribution in [2.75, 3.05) is 13.2 Å². The average Bonchev–Trinajstić information content (AvgIpc) is 3.40. The lowest BCUT2D eigenvalue weighted by molar-refractivity contribution is -0.143. The van der Waals surface area contributed by atoms with Gasteiger partial charge in [-0.25, -0.2) is 0 Å². The van der Waals surface area contributed by atoms with Gasteiger partial charge in [0.1, 0.15) is 0 Å². The van der Waals surface area contributed by atoms with Crippen LogP contribution in [0.15, 0.2) is 24.3 Å². The fourth-order valence-electron chi connectivity index (χ4n) is 10.6. The van der Waals surface area contributed by atoms with E-state index in [2.05, 4.69) is 43.5 Å². The van der Waals surface area contributed by atoms with Crippen LogP contribution in [0.5, 0.6) is 0 Å². The molecule has 6 nitrogen and oxygen atoms in total. The molecule has 0 bridgehead atoms. The molecule has 0 heterocycles. The molecule has 6 heteroatoms. The molecule has 2 unspecified atom stereocenters. The number of esters is 1. The molecule has 0 aromatic carbocycles. The highest BCUT2D eigenvalue weighted by Crippen LogP contribution is 2.19. The van der Waals surface area contributed by atoms with E-state index >= 15 is 0 Å². The number of ether oxygens (including phenoxy) is 1. The minimum atomic E-state index is -0.661. The monoisotopic (exact) mass is 1040 g/mol. The first-order chi connectivity index (χ1) is 36.5. The lowest BCUT2D eigenvalue weighted by Crippen LogP contribution is -2.45. The summed E-state index contributed by atoms with van der Waals surface area (Å²) in [5.74, 6) is -0.0175. The summed E-state index contributed by atoms with van der Waals surface area (Å²) in [6.07, 6.45) is 79.3. The van der Waals surface area contributed by atoms with Crippen LogP contribution >= 0.6 is 0 Å². The largest absolute Gasteiger partial charge is 0.466 e. The summed E-state index contributed by atoms with van der Waals surface area (Å²) in [5, 5.41) is 23.2. The fraction of sp³-hybridized carbons (Fsp3) is 0.912. The van der Waals surface area contributed by atoms with Crippen molar-refractivity contribution in [1.82, 2.24) is 5.32 Å². The van der Waals surface area contributed by atoms with Crippen molar-refractivity contribution in [3.05, 3.63) is 24.3 Å². The molecule has 0 spiro atoms. The molecule has 0 aliphatic rings. The number of hydrogen-bond acceptors (Lipinski definition) is 5. The second-order valence-electron chi connectivity index (χ2n) is 23.2. The predicted molar refractivity (Wildman–Crippen MR) is 324 cm³/mol. The number of rotatable bonds is 63. The first kappa shape index (κ1) is 72.3. The third-order valence-corrected chi connectivity index (χ3v) is 15.8. The van der Waals surface area contributed by atoms with Gasteiger partial charge in [0.25, 0.3) is 0 Å². The Morgan fingerprint density at radius 3 is 1.05 bits per heavy atom. The van der Waals surface area contributed by atoms with Crippen molar-refractivity contribution in [1.29, 1.82) is 0 Å². The fourth-order valence-corrected chi connectivity index (χ4v) is 10.6. The molecule has 0 radical (unpaired) electrons. The van der Waals surface area contributed by atoms with E-state index in [1.807, 2.05) is 0 Å². The summed E-state index contributed by atoms with van der Waals surface area (Å²) in [5.41, 5.74) is 0. The topological polar surface area (TPSA) is 95.9 Å². The molecule has 0 aliphatic heterocycles. The van der Waals surface area contributed by atoms with Crippen LogP contribution in [-0.2, 0) is 14.3 Å². The normalized spacial score (nSPS) is 12.6. The molecule has 0 aromatic rings. The number of aliphatic hydroxyl groups is 2. The van der Waals surface area contributed by atoms with E-state index in [0.717, 1.165) is 51.4 Å². The van der Waals surface area contributed by atoms with Crippen LogP contribution in [-0.4, -0.2) is 47.4 Å². The van der Waals surface area contributed by atoms with Gasteiger partial charge in [0.15, 0.2) is 0 Å². The molecule has 3 N–H and O–H groups in total. The van der Waals surface area contributed by atoms with Crippen LogP contribution in [0.25, 0.3) is 0 Å². The summed E-state index contributed by atoms with van der Waals surface area (Å²) in [6, 6.07) is -0.538. The number of carbonyl (C=O) groups is 2. The molecule has 0 aromatic heterocycles. The Hall–Kier alpha value is -1.66. The Morgan fingerprint density at radius 2 is 0.676 bits per heavy atom. The molecule has 0 fully saturated rings. The van der Waals surface area contributed by atoms with Crippen molar-refractivity contribution >= 4 is 11.9 Å². The maximum atomic E-state index is 12.5. The number of aliphatic hydroxyl groups excluding tert-OH is 2. The summed E-state index contributed by atoms with van der Waals surface area (Å²) < 4.78 is 5.51. The molecular formula is C68H131NO5. The number of unbranched alkanes of at least 4 members (excludes halogenated alkanes) is 48. The van der Waals surface area contributed by atoms with E-state index in [1.54, 1.807) is 0 Å². The van der Waals surface area contributed by atoms with E-state index < -0.39 is 12.1 Å². The van der Waals surface area contributed by atoms with Crippen molar-refractivity contribution in [2.45, 2.75) is 386 Å². The number of carbonyl (C=O) groups excluding carboxylic acids is 2. The van der Waals surface area contributed by atoms with Crippen LogP contribution in [0.1, 0.15) is 373 Å². The van der Waals surface area contributed by atoms with Crippen LogP contribution in [0.4, 0.5) is 0 Å². The lowest BCUT2D eigenvalue weighted by atomic mass is 10.0. The van der Waals surface area contributed by atoms with E-state index in [1.165, 1.54) is 289 Å². The number of allylic oxidation sites excluding steroid dienone is 4. The van der Waals surface area contributed by atoms with E-state index in [9.17, 15) is 19.8 Å². The van der Waals surface area contributed by atoms with Crippen LogP contribution < -0.4 is 5.32 Å². The lowest BCUT2D eigenvalue weighted by Gasteiger charge is -2.22.